The average Bonchev–Trinajstić information content (AvgIpc) is 2.26. The summed E-state index contributed by atoms with van der Waals surface area (Å²) >= 11 is 5.27. The third kappa shape index (κ3) is 3.81. The van der Waals surface area contributed by atoms with Gasteiger partial charge in [0.05, 0.1) is 0 Å². The Bertz CT molecular complexity index is 408. The highest BCUT2D eigenvalue weighted by Gasteiger charge is 2.62. The van der Waals surface area contributed by atoms with E-state index < -0.39 is 17.5 Å². The molecule has 1 atom stereocenters. The van der Waals surface area contributed by atoms with Crippen molar-refractivity contribution in [2.45, 2.75) is 37.7 Å². The largest absolute Gasteiger partial charge is 0.455 e. The molecule has 1 rings (SSSR count). The Kier molecular flexibility index (Phi) is 4.82. The van der Waals surface area contributed by atoms with Crippen LogP contribution in [0.3, 0.4) is 0 Å². The number of alkyl halides is 6. The van der Waals surface area contributed by atoms with Crippen LogP contribution < -0.4 is 0 Å². The molecule has 19 heavy (non-hydrogen) atoms. The van der Waals surface area contributed by atoms with Gasteiger partial charge in [0.15, 0.2) is 0 Å². The molecular weight excluding hydrogens is 287 g/mol. The van der Waals surface area contributed by atoms with E-state index in [4.69, 9.17) is 11.6 Å². The first-order valence-electron chi connectivity index (χ1n) is 5.73. The van der Waals surface area contributed by atoms with Gasteiger partial charge in [0.1, 0.15) is 5.38 Å². The fraction of sp³-hybridized carbons (Fsp3) is 0.538. The standard InChI is InChI=1S/C13H14ClF5/c1-8(2)7-9-3-5-10(6-4-9)11(14)12(15,16)13(17,18)19/h3-6,8,11H,7H2,1-2H3. The molecule has 0 aliphatic heterocycles. The third-order valence-corrected chi connectivity index (χ3v) is 3.14. The Morgan fingerprint density at radius 2 is 1.47 bits per heavy atom. The van der Waals surface area contributed by atoms with Crippen molar-refractivity contribution in [1.29, 1.82) is 0 Å². The normalized spacial score (nSPS) is 14.8. The molecule has 0 bridgehead atoms. The lowest BCUT2D eigenvalue weighted by molar-refractivity contribution is -0.283. The number of hydrogen-bond donors (Lipinski definition) is 0. The second-order valence-electron chi connectivity index (χ2n) is 4.82. The van der Waals surface area contributed by atoms with Gasteiger partial charge in [-0.3, -0.25) is 0 Å². The summed E-state index contributed by atoms with van der Waals surface area (Å²) in [6.07, 6.45) is -4.93. The number of rotatable bonds is 4. The molecule has 0 aliphatic carbocycles. The molecule has 0 aromatic heterocycles. The SMILES string of the molecule is CC(C)Cc1ccc(C(Cl)C(F)(F)C(F)(F)F)cc1. The van der Waals surface area contributed by atoms with E-state index in [1.807, 2.05) is 13.8 Å². The summed E-state index contributed by atoms with van der Waals surface area (Å²) in [4.78, 5) is 0. The molecule has 0 amide bonds. The lowest BCUT2D eigenvalue weighted by atomic mass is 9.99. The van der Waals surface area contributed by atoms with E-state index in [0.29, 0.717) is 5.92 Å². The van der Waals surface area contributed by atoms with Gasteiger partial charge in [-0.1, -0.05) is 38.1 Å². The second-order valence-corrected chi connectivity index (χ2v) is 5.26. The minimum absolute atomic E-state index is 0.239. The van der Waals surface area contributed by atoms with Crippen molar-refractivity contribution in [2.24, 2.45) is 5.92 Å². The molecule has 1 unspecified atom stereocenters. The molecule has 0 radical (unpaired) electrons. The van der Waals surface area contributed by atoms with E-state index in [9.17, 15) is 22.0 Å². The van der Waals surface area contributed by atoms with Crippen LogP contribution in [0.2, 0.25) is 0 Å². The first kappa shape index (κ1) is 16.2. The monoisotopic (exact) mass is 300 g/mol. The van der Waals surface area contributed by atoms with Crippen molar-refractivity contribution < 1.29 is 22.0 Å². The Labute approximate surface area is 113 Å². The highest BCUT2D eigenvalue weighted by molar-refractivity contribution is 6.21. The summed E-state index contributed by atoms with van der Waals surface area (Å²) in [5.41, 5.74) is 0.634. The first-order chi connectivity index (χ1) is 8.55. The average molecular weight is 301 g/mol. The van der Waals surface area contributed by atoms with Gasteiger partial charge in [0.2, 0.25) is 0 Å². The molecule has 0 saturated carbocycles. The molecule has 108 valence electrons. The summed E-state index contributed by atoms with van der Waals surface area (Å²) in [7, 11) is 0. The molecule has 0 saturated heterocycles. The highest BCUT2D eigenvalue weighted by atomic mass is 35.5. The van der Waals surface area contributed by atoms with Crippen molar-refractivity contribution in [3.8, 4) is 0 Å². The van der Waals surface area contributed by atoms with Gasteiger partial charge in [-0.05, 0) is 23.5 Å². The Morgan fingerprint density at radius 3 is 1.84 bits per heavy atom. The molecule has 0 spiro atoms. The maximum absolute atomic E-state index is 13.1. The zero-order valence-corrected chi connectivity index (χ0v) is 11.2. The summed E-state index contributed by atoms with van der Waals surface area (Å²) in [5.74, 6) is -4.58. The van der Waals surface area contributed by atoms with Crippen LogP contribution in [0.5, 0.6) is 0 Å². The highest BCUT2D eigenvalue weighted by Crippen LogP contribution is 2.47. The van der Waals surface area contributed by atoms with Crippen LogP contribution >= 0.6 is 11.6 Å². The van der Waals surface area contributed by atoms with Crippen LogP contribution in [-0.4, -0.2) is 12.1 Å². The smallest absolute Gasteiger partial charge is 0.194 e. The van der Waals surface area contributed by atoms with Crippen molar-refractivity contribution >= 4 is 11.6 Å². The van der Waals surface area contributed by atoms with Crippen molar-refractivity contribution in [3.63, 3.8) is 0 Å². The zero-order valence-electron chi connectivity index (χ0n) is 10.4. The number of benzene rings is 1. The van der Waals surface area contributed by atoms with E-state index in [2.05, 4.69) is 0 Å². The van der Waals surface area contributed by atoms with Gasteiger partial charge in [-0.2, -0.15) is 22.0 Å². The van der Waals surface area contributed by atoms with Crippen LogP contribution in [0.25, 0.3) is 0 Å². The fourth-order valence-electron chi connectivity index (χ4n) is 1.65. The lowest BCUT2D eigenvalue weighted by Gasteiger charge is -2.24. The predicted molar refractivity (Wildman–Crippen MR) is 64.6 cm³/mol. The minimum atomic E-state index is -5.66. The Morgan fingerprint density at radius 1 is 1.00 bits per heavy atom. The summed E-state index contributed by atoms with van der Waals surface area (Å²) < 4.78 is 62.7. The lowest BCUT2D eigenvalue weighted by Crippen LogP contribution is -2.40. The van der Waals surface area contributed by atoms with Crippen LogP contribution in [-0.2, 0) is 6.42 Å². The fourth-order valence-corrected chi connectivity index (χ4v) is 1.92. The van der Waals surface area contributed by atoms with Gasteiger partial charge in [0.25, 0.3) is 0 Å². The van der Waals surface area contributed by atoms with Crippen LogP contribution in [0.4, 0.5) is 22.0 Å². The van der Waals surface area contributed by atoms with Crippen LogP contribution in [0, 0.1) is 5.92 Å². The van der Waals surface area contributed by atoms with E-state index in [-0.39, 0.29) is 5.56 Å². The molecule has 1 aromatic carbocycles. The molecule has 0 fully saturated rings. The van der Waals surface area contributed by atoms with Gasteiger partial charge < -0.3 is 0 Å². The molecule has 0 aliphatic rings. The Balaban J connectivity index is 2.92. The van der Waals surface area contributed by atoms with Gasteiger partial charge in [0, 0.05) is 0 Å². The number of halogens is 6. The van der Waals surface area contributed by atoms with Gasteiger partial charge >= 0.3 is 12.1 Å². The summed E-state index contributed by atoms with van der Waals surface area (Å²) in [6, 6.07) is 5.48. The van der Waals surface area contributed by atoms with Crippen LogP contribution in [0.1, 0.15) is 30.4 Å². The van der Waals surface area contributed by atoms with Gasteiger partial charge in [-0.25, -0.2) is 0 Å². The molecule has 6 heteroatoms. The van der Waals surface area contributed by atoms with Crippen molar-refractivity contribution in [2.75, 3.05) is 0 Å². The zero-order chi connectivity index (χ0) is 14.8. The maximum atomic E-state index is 13.1. The number of hydrogen-bond acceptors (Lipinski definition) is 0. The second kappa shape index (κ2) is 5.65. The maximum Gasteiger partial charge on any atom is 0.455 e. The minimum Gasteiger partial charge on any atom is -0.194 e. The molecular formula is C13H14ClF5. The quantitative estimate of drug-likeness (QED) is 0.518. The summed E-state index contributed by atoms with van der Waals surface area (Å²) in [6.45, 7) is 3.96. The predicted octanol–water partition coefficient (Wildman–Crippen LogP) is 5.36. The van der Waals surface area contributed by atoms with E-state index in [1.54, 1.807) is 0 Å². The van der Waals surface area contributed by atoms with Crippen LogP contribution in [0.15, 0.2) is 24.3 Å². The third-order valence-electron chi connectivity index (χ3n) is 2.61. The van der Waals surface area contributed by atoms with Crippen molar-refractivity contribution in [1.82, 2.24) is 0 Å². The topological polar surface area (TPSA) is 0 Å². The molecule has 0 nitrogen and oxygen atoms in total. The first-order valence-corrected chi connectivity index (χ1v) is 6.16. The van der Waals surface area contributed by atoms with Crippen molar-refractivity contribution in [3.05, 3.63) is 35.4 Å². The van der Waals surface area contributed by atoms with E-state index in [1.165, 1.54) is 24.3 Å². The molecule has 1 aromatic rings. The Hall–Kier alpha value is -0.840. The summed E-state index contributed by atoms with van der Waals surface area (Å²) in [5, 5.41) is -2.42. The van der Waals surface area contributed by atoms with E-state index in [0.717, 1.165) is 12.0 Å². The van der Waals surface area contributed by atoms with Gasteiger partial charge in [-0.15, -0.1) is 11.6 Å². The molecule has 0 N–H and O–H groups in total. The molecule has 0 heterocycles. The van der Waals surface area contributed by atoms with E-state index >= 15 is 0 Å².